The van der Waals surface area contributed by atoms with Gasteiger partial charge in [0.1, 0.15) is 0 Å². The van der Waals surface area contributed by atoms with Gasteiger partial charge < -0.3 is 18.3 Å². The number of hydrogen-bond donors (Lipinski definition) is 0. The maximum atomic E-state index is 5.59. The molecule has 0 radical (unpaired) electrons. The molecule has 0 bridgehead atoms. The Bertz CT molecular complexity index is 3710. The molecule has 0 N–H and O–H groups in total. The Morgan fingerprint density at radius 1 is 0.470 bits per heavy atom. The molecule has 1 unspecified atom stereocenters. The van der Waals surface area contributed by atoms with Crippen molar-refractivity contribution in [1.82, 2.24) is 18.3 Å². The van der Waals surface area contributed by atoms with Gasteiger partial charge in [-0.25, -0.2) is 4.99 Å². The van der Waals surface area contributed by atoms with Crippen LogP contribution >= 0.6 is 0 Å². The number of amidine groups is 1. The highest BCUT2D eigenvalue weighted by atomic mass is 15.1. The van der Waals surface area contributed by atoms with Gasteiger partial charge in [0.15, 0.2) is 5.84 Å². The molecule has 7 heterocycles. The second kappa shape index (κ2) is 13.3. The lowest BCUT2D eigenvalue weighted by Gasteiger charge is -2.24. The van der Waals surface area contributed by atoms with Gasteiger partial charge in [-0.3, -0.25) is 4.99 Å². The molecule has 0 saturated carbocycles. The summed E-state index contributed by atoms with van der Waals surface area (Å²) < 4.78 is 9.97. The summed E-state index contributed by atoms with van der Waals surface area (Å²) >= 11 is 0. The summed E-state index contributed by atoms with van der Waals surface area (Å²) in [6.45, 7) is 9.52. The van der Waals surface area contributed by atoms with Gasteiger partial charge in [-0.05, 0) is 64.7 Å². The Labute approximate surface area is 383 Å². The van der Waals surface area contributed by atoms with Crippen LogP contribution in [-0.2, 0) is 10.8 Å². The van der Waals surface area contributed by atoms with Gasteiger partial charge in [0.25, 0.3) is 0 Å². The van der Waals surface area contributed by atoms with Crippen molar-refractivity contribution in [3.63, 3.8) is 0 Å². The molecular formula is C60H46N6. The van der Waals surface area contributed by atoms with Crippen LogP contribution in [0.25, 0.3) is 66.4 Å². The molecule has 6 heteroatoms. The van der Waals surface area contributed by atoms with E-state index in [2.05, 4.69) is 234 Å². The highest BCUT2D eigenvalue weighted by molar-refractivity contribution is 6.16. The third-order valence-electron chi connectivity index (χ3n) is 15.0. The fourth-order valence-electron chi connectivity index (χ4n) is 12.0. The molecule has 0 spiro atoms. The van der Waals surface area contributed by atoms with Crippen molar-refractivity contribution in [1.29, 1.82) is 0 Å². The summed E-state index contributed by atoms with van der Waals surface area (Å²) in [6.07, 6.45) is 5.47. The standard InChI is InChI=1S/C60H46N6/c1-59(2)46-25-13-17-29-52(46)63-35-44-42-23-11-15-27-50(42)65(54(44)56(59)63)40-31-39(58-61-48(37-19-7-5-8-20-37)34-49(62-58)38-21-9-6-10-22-38)32-41(33-40)66-51-28-16-12-24-43(51)45-36-64-53-30-18-14-26-47(53)60(3,4)57(64)55(45)66/h5-33,35-36,48H,34H2,1-4H3. The first-order chi connectivity index (χ1) is 32.3. The van der Waals surface area contributed by atoms with Crippen LogP contribution < -0.4 is 0 Å². The third-order valence-corrected chi connectivity index (χ3v) is 15.0. The van der Waals surface area contributed by atoms with Crippen molar-refractivity contribution in [3.05, 3.63) is 228 Å². The molecule has 14 rings (SSSR count). The lowest BCUT2D eigenvalue weighted by Crippen LogP contribution is -2.18. The quantitative estimate of drug-likeness (QED) is 0.166. The zero-order valence-electron chi connectivity index (χ0n) is 37.4. The highest BCUT2D eigenvalue weighted by Gasteiger charge is 2.41. The van der Waals surface area contributed by atoms with Gasteiger partial charge >= 0.3 is 0 Å². The summed E-state index contributed by atoms with van der Waals surface area (Å²) in [5, 5.41) is 4.96. The molecule has 7 aromatic carbocycles. The summed E-state index contributed by atoms with van der Waals surface area (Å²) in [7, 11) is 0. The first-order valence-electron chi connectivity index (χ1n) is 23.2. The van der Waals surface area contributed by atoms with Crippen LogP contribution in [0.1, 0.15) is 79.4 Å². The zero-order chi connectivity index (χ0) is 44.1. The minimum absolute atomic E-state index is 0.0951. The third kappa shape index (κ3) is 5.01. The molecule has 3 aliphatic heterocycles. The van der Waals surface area contributed by atoms with E-state index < -0.39 is 0 Å². The number of para-hydroxylation sites is 4. The Kier molecular flexibility index (Phi) is 7.54. The Morgan fingerprint density at radius 2 is 0.939 bits per heavy atom. The average molecular weight is 851 g/mol. The second-order valence-corrected chi connectivity index (χ2v) is 19.5. The molecule has 3 aliphatic rings. The molecular weight excluding hydrogens is 805 g/mol. The fraction of sp³-hybridized carbons (Fsp3) is 0.133. The second-order valence-electron chi connectivity index (χ2n) is 19.5. The van der Waals surface area contributed by atoms with E-state index in [1.54, 1.807) is 0 Å². The van der Waals surface area contributed by atoms with E-state index in [9.17, 15) is 0 Å². The van der Waals surface area contributed by atoms with Crippen LogP contribution in [0.4, 0.5) is 0 Å². The van der Waals surface area contributed by atoms with Gasteiger partial charge in [0.05, 0.1) is 45.2 Å². The SMILES string of the molecule is CC1(C)c2ccccc2-n2cc3c4ccccc4n(-c4cc(C5=NC(c6ccccc6)CC(c6ccccc6)=N5)cc(-n5c6ccccc6c6cn7c(c65)C(C)(C)c5ccccc5-7)c4)c3c21. The van der Waals surface area contributed by atoms with E-state index in [0.29, 0.717) is 0 Å². The Hall–Kier alpha value is -7.96. The number of benzene rings is 7. The van der Waals surface area contributed by atoms with Crippen molar-refractivity contribution in [2.45, 2.75) is 51.0 Å². The van der Waals surface area contributed by atoms with Gasteiger partial charge in [-0.2, -0.15) is 0 Å². The maximum Gasteiger partial charge on any atom is 0.155 e. The molecule has 316 valence electrons. The van der Waals surface area contributed by atoms with Crippen LogP contribution in [0.3, 0.4) is 0 Å². The fourth-order valence-corrected chi connectivity index (χ4v) is 12.0. The van der Waals surface area contributed by atoms with Crippen LogP contribution in [0, 0.1) is 0 Å². The predicted octanol–water partition coefficient (Wildman–Crippen LogP) is 14.1. The van der Waals surface area contributed by atoms with Gasteiger partial charge in [0, 0.05) is 79.5 Å². The van der Waals surface area contributed by atoms with Crippen LogP contribution in [0.5, 0.6) is 0 Å². The van der Waals surface area contributed by atoms with E-state index in [0.717, 1.165) is 40.5 Å². The molecule has 0 saturated heterocycles. The summed E-state index contributed by atoms with van der Waals surface area (Å²) in [6, 6.07) is 64.0. The molecule has 1 atom stereocenters. The number of rotatable bonds is 5. The molecule has 66 heavy (non-hydrogen) atoms. The number of nitrogens with zero attached hydrogens (tertiary/aromatic N) is 6. The molecule has 0 aliphatic carbocycles. The minimum atomic E-state index is -0.243. The van der Waals surface area contributed by atoms with Crippen molar-refractivity contribution < 1.29 is 0 Å². The maximum absolute atomic E-state index is 5.59. The van der Waals surface area contributed by atoms with Gasteiger partial charge in [-0.15, -0.1) is 0 Å². The smallest absolute Gasteiger partial charge is 0.155 e. The number of hydrogen-bond acceptors (Lipinski definition) is 2. The monoisotopic (exact) mass is 850 g/mol. The van der Waals surface area contributed by atoms with Crippen LogP contribution in [0.2, 0.25) is 0 Å². The average Bonchev–Trinajstić information content (AvgIpc) is 4.17. The van der Waals surface area contributed by atoms with Gasteiger partial charge in [-0.1, -0.05) is 161 Å². The molecule has 11 aromatic rings. The zero-order valence-corrected chi connectivity index (χ0v) is 37.4. The van der Waals surface area contributed by atoms with Crippen molar-refractivity contribution >= 4 is 55.2 Å². The summed E-state index contributed by atoms with van der Waals surface area (Å²) in [5.41, 5.74) is 18.5. The first kappa shape index (κ1) is 37.4. The van der Waals surface area contributed by atoms with E-state index in [1.165, 1.54) is 83.1 Å². The lowest BCUT2D eigenvalue weighted by molar-refractivity contribution is 0.646. The lowest BCUT2D eigenvalue weighted by atomic mass is 9.83. The number of fused-ring (bicyclic) bond motifs is 14. The largest absolute Gasteiger partial charge is 0.317 e. The molecule has 0 amide bonds. The Morgan fingerprint density at radius 3 is 1.48 bits per heavy atom. The van der Waals surface area contributed by atoms with E-state index in [4.69, 9.17) is 9.98 Å². The molecule has 0 fully saturated rings. The highest BCUT2D eigenvalue weighted by Crippen LogP contribution is 2.51. The van der Waals surface area contributed by atoms with Crippen LogP contribution in [-0.4, -0.2) is 29.8 Å². The normalized spacial score (nSPS) is 16.7. The van der Waals surface area contributed by atoms with Gasteiger partial charge in [0.2, 0.25) is 0 Å². The summed E-state index contributed by atoms with van der Waals surface area (Å²) in [5.74, 6) is 0.738. The van der Waals surface area contributed by atoms with E-state index in [1.807, 2.05) is 0 Å². The first-order valence-corrected chi connectivity index (χ1v) is 23.2. The topological polar surface area (TPSA) is 44.4 Å². The Balaban J connectivity index is 1.11. The molecule has 4 aromatic heterocycles. The predicted molar refractivity (Wildman–Crippen MR) is 271 cm³/mol. The van der Waals surface area contributed by atoms with Crippen molar-refractivity contribution in [2.75, 3.05) is 0 Å². The van der Waals surface area contributed by atoms with E-state index >= 15 is 0 Å². The number of aliphatic imine (C=N–C) groups is 2. The summed E-state index contributed by atoms with van der Waals surface area (Å²) in [4.78, 5) is 11.1. The van der Waals surface area contributed by atoms with Crippen molar-refractivity contribution in [2.24, 2.45) is 9.98 Å². The van der Waals surface area contributed by atoms with E-state index in [-0.39, 0.29) is 16.9 Å². The molecule has 6 nitrogen and oxygen atoms in total. The number of aromatic nitrogens is 4. The van der Waals surface area contributed by atoms with Crippen LogP contribution in [0.15, 0.2) is 198 Å². The minimum Gasteiger partial charge on any atom is -0.317 e. The van der Waals surface area contributed by atoms with Crippen molar-refractivity contribution in [3.8, 4) is 22.7 Å².